The molecular weight excluding hydrogens is 186 g/mol. The van der Waals surface area contributed by atoms with Gasteiger partial charge in [0.05, 0.1) is 0 Å². The van der Waals surface area contributed by atoms with E-state index in [1.165, 1.54) is 0 Å². The van der Waals surface area contributed by atoms with Crippen LogP contribution < -0.4 is 5.32 Å². The van der Waals surface area contributed by atoms with Gasteiger partial charge in [0, 0.05) is 32.0 Å². The first-order chi connectivity index (χ1) is 6.67. The Morgan fingerprint density at radius 2 is 2.07 bits per heavy atom. The second kappa shape index (κ2) is 4.11. The van der Waals surface area contributed by atoms with Crippen molar-refractivity contribution in [1.82, 2.24) is 10.2 Å². The van der Waals surface area contributed by atoms with E-state index in [1.54, 1.807) is 0 Å². The highest BCUT2D eigenvalue weighted by molar-refractivity contribution is 4.84. The summed E-state index contributed by atoms with van der Waals surface area (Å²) >= 11 is 0. The lowest BCUT2D eigenvalue weighted by Gasteiger charge is -2.26. The van der Waals surface area contributed by atoms with E-state index in [9.17, 15) is 8.78 Å². The molecule has 2 aliphatic rings. The van der Waals surface area contributed by atoms with Crippen LogP contribution in [0.1, 0.15) is 25.7 Å². The molecule has 0 aromatic rings. The van der Waals surface area contributed by atoms with Gasteiger partial charge in [0.1, 0.15) is 0 Å². The van der Waals surface area contributed by atoms with Crippen LogP contribution in [0.5, 0.6) is 0 Å². The monoisotopic (exact) mass is 204 g/mol. The Hall–Kier alpha value is -0.220. The maximum Gasteiger partial charge on any atom is 0.249 e. The number of hydrogen-bond acceptors (Lipinski definition) is 2. The van der Waals surface area contributed by atoms with E-state index in [1.807, 2.05) is 0 Å². The van der Waals surface area contributed by atoms with Gasteiger partial charge in [-0.05, 0) is 25.9 Å². The molecule has 2 saturated heterocycles. The standard InChI is InChI=1S/C10H18F2N2/c11-10(12)3-1-6-14(7-4-10)9-2-5-13-8-9/h9,13H,1-8H2. The summed E-state index contributed by atoms with van der Waals surface area (Å²) in [5, 5.41) is 3.28. The lowest BCUT2D eigenvalue weighted by Crippen LogP contribution is -2.37. The van der Waals surface area contributed by atoms with Crippen LogP contribution in [0.3, 0.4) is 0 Å². The van der Waals surface area contributed by atoms with E-state index in [-0.39, 0.29) is 12.8 Å². The molecule has 4 heteroatoms. The number of nitrogens with one attached hydrogen (secondary N) is 1. The molecule has 2 heterocycles. The van der Waals surface area contributed by atoms with Gasteiger partial charge in [-0.1, -0.05) is 0 Å². The first-order valence-electron chi connectivity index (χ1n) is 5.50. The van der Waals surface area contributed by atoms with Crippen LogP contribution in [-0.2, 0) is 0 Å². The Morgan fingerprint density at radius 3 is 2.79 bits per heavy atom. The zero-order valence-corrected chi connectivity index (χ0v) is 8.44. The van der Waals surface area contributed by atoms with Crippen molar-refractivity contribution in [2.45, 2.75) is 37.6 Å². The SMILES string of the molecule is FC1(F)CCCN(C2CCNC2)CC1. The first-order valence-corrected chi connectivity index (χ1v) is 5.50. The molecule has 1 unspecified atom stereocenters. The van der Waals surface area contributed by atoms with E-state index in [4.69, 9.17) is 0 Å². The van der Waals surface area contributed by atoms with Gasteiger partial charge in [0.15, 0.2) is 0 Å². The Labute approximate surface area is 83.7 Å². The third-order valence-electron chi connectivity index (χ3n) is 3.30. The minimum Gasteiger partial charge on any atom is -0.315 e. The van der Waals surface area contributed by atoms with Crippen molar-refractivity contribution >= 4 is 0 Å². The highest BCUT2D eigenvalue weighted by Gasteiger charge is 2.34. The van der Waals surface area contributed by atoms with Gasteiger partial charge in [0.25, 0.3) is 0 Å². The normalized spacial score (nSPS) is 34.3. The van der Waals surface area contributed by atoms with E-state index in [0.29, 0.717) is 19.0 Å². The zero-order valence-electron chi connectivity index (χ0n) is 8.44. The number of nitrogens with zero attached hydrogens (tertiary/aromatic N) is 1. The summed E-state index contributed by atoms with van der Waals surface area (Å²) in [5.74, 6) is -2.42. The number of alkyl halides is 2. The fraction of sp³-hybridized carbons (Fsp3) is 1.00. The maximum absolute atomic E-state index is 13.1. The highest BCUT2D eigenvalue weighted by atomic mass is 19.3. The summed E-state index contributed by atoms with van der Waals surface area (Å²) < 4.78 is 26.2. The summed E-state index contributed by atoms with van der Waals surface area (Å²) in [6, 6.07) is 0.504. The quantitative estimate of drug-likeness (QED) is 0.696. The first kappa shape index (κ1) is 10.3. The average molecular weight is 204 g/mol. The van der Waals surface area contributed by atoms with Crippen molar-refractivity contribution in [3.05, 3.63) is 0 Å². The van der Waals surface area contributed by atoms with E-state index in [2.05, 4.69) is 10.2 Å². The average Bonchev–Trinajstić information content (AvgIpc) is 2.58. The van der Waals surface area contributed by atoms with Crippen LogP contribution in [0.4, 0.5) is 8.78 Å². The summed E-state index contributed by atoms with van der Waals surface area (Å²) in [4.78, 5) is 2.24. The van der Waals surface area contributed by atoms with Crippen molar-refractivity contribution in [1.29, 1.82) is 0 Å². The molecule has 14 heavy (non-hydrogen) atoms. The lowest BCUT2D eigenvalue weighted by atomic mass is 10.1. The van der Waals surface area contributed by atoms with Crippen molar-refractivity contribution in [3.63, 3.8) is 0 Å². The molecule has 0 aliphatic carbocycles. The molecule has 0 aromatic heterocycles. The Bertz CT molecular complexity index is 191. The molecule has 1 atom stereocenters. The molecule has 82 valence electrons. The summed E-state index contributed by atoms with van der Waals surface area (Å²) in [5.41, 5.74) is 0. The number of rotatable bonds is 1. The number of likely N-dealkylation sites (tertiary alicyclic amines) is 1. The third kappa shape index (κ3) is 2.42. The second-order valence-electron chi connectivity index (χ2n) is 4.39. The third-order valence-corrected chi connectivity index (χ3v) is 3.30. The largest absolute Gasteiger partial charge is 0.315 e. The lowest BCUT2D eigenvalue weighted by molar-refractivity contribution is -0.0138. The fourth-order valence-corrected chi connectivity index (χ4v) is 2.40. The van der Waals surface area contributed by atoms with Crippen LogP contribution in [0.15, 0.2) is 0 Å². The van der Waals surface area contributed by atoms with Crippen LogP contribution >= 0.6 is 0 Å². The van der Waals surface area contributed by atoms with E-state index >= 15 is 0 Å². The van der Waals surface area contributed by atoms with Crippen LogP contribution in [0.25, 0.3) is 0 Å². The van der Waals surface area contributed by atoms with Gasteiger partial charge >= 0.3 is 0 Å². The van der Waals surface area contributed by atoms with Crippen LogP contribution in [0, 0.1) is 0 Å². The van der Waals surface area contributed by atoms with Gasteiger partial charge < -0.3 is 5.32 Å². The molecule has 0 spiro atoms. The molecule has 2 rings (SSSR count). The Kier molecular flexibility index (Phi) is 3.02. The van der Waals surface area contributed by atoms with Crippen molar-refractivity contribution in [2.75, 3.05) is 26.2 Å². The van der Waals surface area contributed by atoms with Crippen molar-refractivity contribution in [3.8, 4) is 0 Å². The number of halogens is 2. The van der Waals surface area contributed by atoms with Crippen LogP contribution in [-0.4, -0.2) is 43.0 Å². The minimum absolute atomic E-state index is 0.0451. The molecule has 0 saturated carbocycles. The topological polar surface area (TPSA) is 15.3 Å². The molecule has 0 aromatic carbocycles. The van der Waals surface area contributed by atoms with Gasteiger partial charge in [-0.2, -0.15) is 0 Å². The summed E-state index contributed by atoms with van der Waals surface area (Å²) in [7, 11) is 0. The predicted molar refractivity (Wildman–Crippen MR) is 51.6 cm³/mol. The molecule has 0 amide bonds. The molecular formula is C10H18F2N2. The van der Waals surface area contributed by atoms with Gasteiger partial charge in [-0.15, -0.1) is 0 Å². The van der Waals surface area contributed by atoms with Crippen molar-refractivity contribution < 1.29 is 8.78 Å². The second-order valence-corrected chi connectivity index (χ2v) is 4.39. The molecule has 2 nitrogen and oxygen atoms in total. The zero-order chi connectivity index (χ0) is 10.0. The summed E-state index contributed by atoms with van der Waals surface area (Å²) in [6.07, 6.45) is 1.88. The Morgan fingerprint density at radius 1 is 1.21 bits per heavy atom. The summed E-state index contributed by atoms with van der Waals surface area (Å²) in [6.45, 7) is 3.43. The minimum atomic E-state index is -2.42. The Balaban J connectivity index is 1.88. The van der Waals surface area contributed by atoms with Gasteiger partial charge in [-0.25, -0.2) is 8.78 Å². The van der Waals surface area contributed by atoms with Gasteiger partial charge in [-0.3, -0.25) is 4.90 Å². The molecule has 1 N–H and O–H groups in total. The van der Waals surface area contributed by atoms with Crippen LogP contribution in [0.2, 0.25) is 0 Å². The highest BCUT2D eigenvalue weighted by Crippen LogP contribution is 2.28. The fourth-order valence-electron chi connectivity index (χ4n) is 2.40. The van der Waals surface area contributed by atoms with Gasteiger partial charge in [0.2, 0.25) is 5.92 Å². The van der Waals surface area contributed by atoms with E-state index in [0.717, 1.165) is 26.1 Å². The molecule has 2 aliphatic heterocycles. The smallest absolute Gasteiger partial charge is 0.249 e. The molecule has 0 bridgehead atoms. The van der Waals surface area contributed by atoms with Crippen molar-refractivity contribution in [2.24, 2.45) is 0 Å². The maximum atomic E-state index is 13.1. The predicted octanol–water partition coefficient (Wildman–Crippen LogP) is 1.47. The molecule has 0 radical (unpaired) electrons. The molecule has 2 fully saturated rings. The van der Waals surface area contributed by atoms with E-state index < -0.39 is 5.92 Å². The number of hydrogen-bond donors (Lipinski definition) is 1.